The van der Waals surface area contributed by atoms with E-state index in [1.165, 1.54) is 6.42 Å². The highest BCUT2D eigenvalue weighted by atomic mass is 35.5. The normalized spacial score (nSPS) is 11.8. The summed E-state index contributed by atoms with van der Waals surface area (Å²) in [6.07, 6.45) is 2.96. The first-order chi connectivity index (χ1) is 12.1. The van der Waals surface area contributed by atoms with Gasteiger partial charge >= 0.3 is 0 Å². The summed E-state index contributed by atoms with van der Waals surface area (Å²) in [4.78, 5) is 8.61. The Kier molecular flexibility index (Phi) is 7.73. The molecule has 0 aliphatic carbocycles. The lowest BCUT2D eigenvalue weighted by Gasteiger charge is -2.11. The zero-order valence-corrected chi connectivity index (χ0v) is 15.8. The summed E-state index contributed by atoms with van der Waals surface area (Å²) < 4.78 is 5.29. The lowest BCUT2D eigenvalue weighted by molar-refractivity contribution is 0.378. The van der Waals surface area contributed by atoms with Gasteiger partial charge in [0.25, 0.3) is 0 Å². The van der Waals surface area contributed by atoms with Crippen molar-refractivity contribution in [3.8, 4) is 11.4 Å². The quantitative estimate of drug-likeness (QED) is 0.426. The molecule has 0 bridgehead atoms. The predicted octanol–water partition coefficient (Wildman–Crippen LogP) is 3.53. The summed E-state index contributed by atoms with van der Waals surface area (Å²) >= 11 is 5.99. The molecule has 7 heteroatoms. The van der Waals surface area contributed by atoms with Crippen LogP contribution in [0, 0.1) is 5.92 Å². The highest BCUT2D eigenvalue weighted by molar-refractivity contribution is 6.30. The van der Waals surface area contributed by atoms with Crippen LogP contribution in [0.1, 0.15) is 32.6 Å². The van der Waals surface area contributed by atoms with Gasteiger partial charge in [0.1, 0.15) is 0 Å². The Balaban J connectivity index is 1.76. The summed E-state index contributed by atoms with van der Waals surface area (Å²) in [7, 11) is 1.77. The number of hydrogen-bond acceptors (Lipinski definition) is 4. The van der Waals surface area contributed by atoms with Gasteiger partial charge in [0.05, 0.1) is 0 Å². The third-order valence-electron chi connectivity index (χ3n) is 3.66. The Hall–Kier alpha value is -2.08. The molecule has 0 saturated heterocycles. The first kappa shape index (κ1) is 19.2. The number of nitrogens with zero attached hydrogens (tertiary/aromatic N) is 3. The van der Waals surface area contributed by atoms with E-state index in [0.717, 1.165) is 30.4 Å². The lowest BCUT2D eigenvalue weighted by atomic mass is 10.1. The Morgan fingerprint density at radius 1 is 1.28 bits per heavy atom. The highest BCUT2D eigenvalue weighted by Crippen LogP contribution is 2.19. The smallest absolute Gasteiger partial charge is 0.228 e. The van der Waals surface area contributed by atoms with Gasteiger partial charge in [0.2, 0.25) is 11.7 Å². The minimum absolute atomic E-state index is 0.550. The number of benzene rings is 1. The Bertz CT molecular complexity index is 684. The molecule has 6 nitrogen and oxygen atoms in total. The molecular weight excluding hydrogens is 338 g/mol. The molecule has 2 aromatic rings. The second-order valence-corrected chi connectivity index (χ2v) is 6.67. The molecule has 1 aromatic carbocycles. The molecule has 1 aromatic heterocycles. The number of aliphatic imine (C=N–C) groups is 1. The Morgan fingerprint density at radius 3 is 2.80 bits per heavy atom. The topological polar surface area (TPSA) is 75.3 Å². The molecule has 0 atom stereocenters. The Morgan fingerprint density at radius 2 is 2.08 bits per heavy atom. The molecule has 2 N–H and O–H groups in total. The summed E-state index contributed by atoms with van der Waals surface area (Å²) in [6, 6.07) is 7.40. The van der Waals surface area contributed by atoms with Gasteiger partial charge in [-0.1, -0.05) is 42.7 Å². The number of rotatable bonds is 8. The number of halogens is 1. The molecule has 0 aliphatic rings. The fourth-order valence-corrected chi connectivity index (χ4v) is 2.52. The van der Waals surface area contributed by atoms with Gasteiger partial charge in [-0.25, -0.2) is 0 Å². The molecule has 2 rings (SSSR count). The van der Waals surface area contributed by atoms with Gasteiger partial charge in [-0.05, 0) is 30.9 Å². The summed E-state index contributed by atoms with van der Waals surface area (Å²) in [5.74, 6) is 2.65. The van der Waals surface area contributed by atoms with E-state index in [0.29, 0.717) is 29.7 Å². The van der Waals surface area contributed by atoms with E-state index in [9.17, 15) is 0 Å². The SMILES string of the molecule is CN=C(NCCCC(C)C)NCCc1nc(-c2cccc(Cl)c2)no1. The van der Waals surface area contributed by atoms with Gasteiger partial charge in [0.15, 0.2) is 5.96 Å². The van der Waals surface area contributed by atoms with E-state index in [1.54, 1.807) is 7.05 Å². The average molecular weight is 364 g/mol. The zero-order valence-electron chi connectivity index (χ0n) is 15.1. The number of hydrogen-bond donors (Lipinski definition) is 2. The van der Waals surface area contributed by atoms with Crippen LogP contribution >= 0.6 is 11.6 Å². The fraction of sp³-hybridized carbons (Fsp3) is 0.500. The van der Waals surface area contributed by atoms with Crippen molar-refractivity contribution in [2.75, 3.05) is 20.1 Å². The molecule has 25 heavy (non-hydrogen) atoms. The molecule has 0 radical (unpaired) electrons. The van der Waals surface area contributed by atoms with Gasteiger partial charge in [-0.3, -0.25) is 4.99 Å². The maximum Gasteiger partial charge on any atom is 0.228 e. The monoisotopic (exact) mass is 363 g/mol. The highest BCUT2D eigenvalue weighted by Gasteiger charge is 2.09. The molecule has 1 heterocycles. The van der Waals surface area contributed by atoms with Crippen molar-refractivity contribution in [2.24, 2.45) is 10.9 Å². The van der Waals surface area contributed by atoms with Gasteiger partial charge < -0.3 is 15.2 Å². The maximum atomic E-state index is 5.99. The summed E-state index contributed by atoms with van der Waals surface area (Å²) in [6.45, 7) is 6.04. The largest absolute Gasteiger partial charge is 0.356 e. The van der Waals surface area contributed by atoms with E-state index >= 15 is 0 Å². The van der Waals surface area contributed by atoms with E-state index < -0.39 is 0 Å². The molecule has 0 fully saturated rings. The number of aromatic nitrogens is 2. The van der Waals surface area contributed by atoms with Crippen LogP contribution in [0.4, 0.5) is 0 Å². The summed E-state index contributed by atoms with van der Waals surface area (Å²) in [5.41, 5.74) is 0.845. The van der Waals surface area contributed by atoms with Crippen molar-refractivity contribution in [3.05, 3.63) is 35.2 Å². The van der Waals surface area contributed by atoms with Crippen molar-refractivity contribution in [1.82, 2.24) is 20.8 Å². The minimum Gasteiger partial charge on any atom is -0.356 e. The number of nitrogens with one attached hydrogen (secondary N) is 2. The molecule has 0 amide bonds. The lowest BCUT2D eigenvalue weighted by Crippen LogP contribution is -2.38. The van der Waals surface area contributed by atoms with Crippen molar-refractivity contribution >= 4 is 17.6 Å². The molecule has 0 aliphatic heterocycles. The van der Waals surface area contributed by atoms with Crippen LogP contribution < -0.4 is 10.6 Å². The van der Waals surface area contributed by atoms with Gasteiger partial charge in [0, 0.05) is 37.1 Å². The standard InChI is InChI=1S/C18H26ClN5O/c1-13(2)6-5-10-21-18(20-3)22-11-9-16-23-17(24-25-16)14-7-4-8-15(19)12-14/h4,7-8,12-13H,5-6,9-11H2,1-3H3,(H2,20,21,22). The van der Waals surface area contributed by atoms with Gasteiger partial charge in [-0.15, -0.1) is 0 Å². The van der Waals surface area contributed by atoms with Crippen LogP contribution in [-0.2, 0) is 6.42 Å². The van der Waals surface area contributed by atoms with Gasteiger partial charge in [-0.2, -0.15) is 4.98 Å². The van der Waals surface area contributed by atoms with Crippen LogP contribution in [0.2, 0.25) is 5.02 Å². The molecule has 0 unspecified atom stereocenters. The van der Waals surface area contributed by atoms with Crippen LogP contribution in [0.15, 0.2) is 33.8 Å². The molecule has 136 valence electrons. The van der Waals surface area contributed by atoms with E-state index in [-0.39, 0.29) is 0 Å². The molecule has 0 spiro atoms. The first-order valence-electron chi connectivity index (χ1n) is 8.61. The van der Waals surface area contributed by atoms with Crippen LogP contribution in [0.25, 0.3) is 11.4 Å². The molecule has 0 saturated carbocycles. The molecular formula is C18H26ClN5O. The Labute approximate surface area is 154 Å². The van der Waals surface area contributed by atoms with Crippen molar-refractivity contribution in [2.45, 2.75) is 33.1 Å². The third-order valence-corrected chi connectivity index (χ3v) is 3.89. The van der Waals surface area contributed by atoms with Crippen molar-refractivity contribution in [1.29, 1.82) is 0 Å². The van der Waals surface area contributed by atoms with E-state index in [4.69, 9.17) is 16.1 Å². The zero-order chi connectivity index (χ0) is 18.1. The number of guanidine groups is 1. The summed E-state index contributed by atoms with van der Waals surface area (Å²) in [5, 5.41) is 11.2. The average Bonchev–Trinajstić information content (AvgIpc) is 3.05. The van der Waals surface area contributed by atoms with Crippen LogP contribution in [-0.4, -0.2) is 36.2 Å². The van der Waals surface area contributed by atoms with E-state index in [2.05, 4.69) is 39.6 Å². The second kappa shape index (κ2) is 10.0. The van der Waals surface area contributed by atoms with Crippen LogP contribution in [0.5, 0.6) is 0 Å². The van der Waals surface area contributed by atoms with Crippen molar-refractivity contribution < 1.29 is 4.52 Å². The maximum absolute atomic E-state index is 5.99. The van der Waals surface area contributed by atoms with Crippen molar-refractivity contribution in [3.63, 3.8) is 0 Å². The third kappa shape index (κ3) is 6.74. The fourth-order valence-electron chi connectivity index (χ4n) is 2.33. The second-order valence-electron chi connectivity index (χ2n) is 6.23. The van der Waals surface area contributed by atoms with E-state index in [1.807, 2.05) is 24.3 Å². The predicted molar refractivity (Wildman–Crippen MR) is 102 cm³/mol. The minimum atomic E-state index is 0.550. The van der Waals surface area contributed by atoms with Crippen LogP contribution in [0.3, 0.4) is 0 Å². The first-order valence-corrected chi connectivity index (χ1v) is 8.99.